The predicted molar refractivity (Wildman–Crippen MR) is 222 cm³/mol. The molecule has 0 aliphatic heterocycles. The summed E-state index contributed by atoms with van der Waals surface area (Å²) in [6.45, 7) is 2.55. The van der Waals surface area contributed by atoms with Crippen molar-refractivity contribution in [2.75, 3.05) is 19.8 Å². The van der Waals surface area contributed by atoms with E-state index in [0.29, 0.717) is 12.8 Å². The quantitative estimate of drug-likeness (QED) is 0.0264. The van der Waals surface area contributed by atoms with E-state index in [9.17, 15) is 34.1 Å². The Morgan fingerprint density at radius 3 is 1.20 bits per heavy atom. The molecule has 0 radical (unpaired) electrons. The van der Waals surface area contributed by atoms with Crippen molar-refractivity contribution in [3.63, 3.8) is 0 Å². The maximum absolute atomic E-state index is 12.2. The lowest BCUT2D eigenvalue weighted by molar-refractivity contribution is -0.147. The molecule has 0 saturated carbocycles. The Labute approximate surface area is 335 Å². The molecular weight excluding hydrogens is 721 g/mol. The second-order valence-electron chi connectivity index (χ2n) is 15.6. The van der Waals surface area contributed by atoms with Crippen LogP contribution in [-0.4, -0.2) is 64.9 Å². The minimum absolute atomic E-state index is 0.148. The lowest BCUT2D eigenvalue weighted by Crippen LogP contribution is -2.43. The summed E-state index contributed by atoms with van der Waals surface area (Å²) in [5.41, 5.74) is 0. The number of nitrogens with one attached hydrogen (secondary N) is 1. The molecule has 0 fully saturated rings. The Morgan fingerprint density at radius 1 is 0.509 bits per heavy atom. The number of phosphoric ester groups is 1. The first-order chi connectivity index (χ1) is 26.6. The fourth-order valence-corrected chi connectivity index (χ4v) is 7.38. The Bertz CT molecular complexity index is 952. The van der Waals surface area contributed by atoms with E-state index in [2.05, 4.69) is 19.2 Å². The summed E-state index contributed by atoms with van der Waals surface area (Å²) in [4.78, 5) is 45.6. The van der Waals surface area contributed by atoms with Crippen LogP contribution < -0.4 is 5.32 Å². The molecule has 1 amide bonds. The molecule has 0 aromatic rings. The summed E-state index contributed by atoms with van der Waals surface area (Å²) >= 11 is 0. The molecule has 0 bridgehead atoms. The maximum Gasteiger partial charge on any atom is 0.472 e. The number of aliphatic hydroxyl groups is 1. The van der Waals surface area contributed by atoms with Crippen molar-refractivity contribution < 1.29 is 47.8 Å². The molecule has 11 nitrogen and oxygen atoms in total. The van der Waals surface area contributed by atoms with Gasteiger partial charge >= 0.3 is 19.8 Å². The molecule has 3 atom stereocenters. The second kappa shape index (κ2) is 39.3. The number of carboxylic acids is 1. The molecule has 55 heavy (non-hydrogen) atoms. The van der Waals surface area contributed by atoms with Crippen LogP contribution in [0, 0.1) is 0 Å². The van der Waals surface area contributed by atoms with E-state index in [-0.39, 0.29) is 12.8 Å². The van der Waals surface area contributed by atoms with Crippen LogP contribution in [0.5, 0.6) is 0 Å². The first-order valence-corrected chi connectivity index (χ1v) is 24.1. The third-order valence-electron chi connectivity index (χ3n) is 10.1. The Morgan fingerprint density at radius 2 is 0.836 bits per heavy atom. The van der Waals surface area contributed by atoms with E-state index < -0.39 is 57.6 Å². The normalized spacial score (nSPS) is 13.7. The highest BCUT2D eigenvalue weighted by molar-refractivity contribution is 7.47. The van der Waals surface area contributed by atoms with Crippen molar-refractivity contribution in [3.05, 3.63) is 0 Å². The summed E-state index contributed by atoms with van der Waals surface area (Å²) in [5.74, 6) is -2.37. The van der Waals surface area contributed by atoms with Gasteiger partial charge < -0.3 is 25.2 Å². The fraction of sp³-hybridized carbons (Fsp3) is 0.930. The van der Waals surface area contributed by atoms with E-state index in [1.165, 1.54) is 135 Å². The minimum atomic E-state index is -4.74. The van der Waals surface area contributed by atoms with Gasteiger partial charge in [0.15, 0.2) is 6.04 Å². The molecule has 0 spiro atoms. The smallest absolute Gasteiger partial charge is 0.472 e. The predicted octanol–water partition coefficient (Wildman–Crippen LogP) is 11.5. The number of carbonyl (C=O) groups is 3. The minimum Gasteiger partial charge on any atom is -0.480 e. The van der Waals surface area contributed by atoms with Gasteiger partial charge in [0.2, 0.25) is 5.91 Å². The molecule has 0 saturated heterocycles. The number of aliphatic carboxylic acids is 1. The number of hydrogen-bond acceptors (Lipinski definition) is 8. The number of hydrogen-bond donors (Lipinski definition) is 4. The van der Waals surface area contributed by atoms with Crippen LogP contribution in [-0.2, 0) is 32.7 Å². The number of esters is 1. The van der Waals surface area contributed by atoms with Gasteiger partial charge in [-0.3, -0.25) is 18.6 Å². The van der Waals surface area contributed by atoms with Gasteiger partial charge in [-0.15, -0.1) is 0 Å². The summed E-state index contributed by atoms with van der Waals surface area (Å²) in [5, 5.41) is 21.7. The van der Waals surface area contributed by atoms with Gasteiger partial charge in [-0.05, 0) is 12.8 Å². The van der Waals surface area contributed by atoms with Crippen molar-refractivity contribution >= 4 is 25.7 Å². The third kappa shape index (κ3) is 39.1. The molecule has 0 aromatic carbocycles. The zero-order chi connectivity index (χ0) is 40.7. The zero-order valence-corrected chi connectivity index (χ0v) is 36.2. The molecular formula is C43H84NO10P. The summed E-state index contributed by atoms with van der Waals surface area (Å²) in [6, 6.07) is -1.54. The topological polar surface area (TPSA) is 169 Å². The standard InChI is InChI=1S/C43H84NO10P/c1-3-5-7-9-11-12-13-14-15-16-17-18-19-20-21-22-23-24-25-26-27-29-31-33-35-42(47)52-36-39(45)37-53-55(50,51)54-38-40(43(48)49)44-41(46)34-32-30-28-10-8-6-4-2/h39-40,45H,3-38H2,1-2H3,(H,44,46)(H,48,49)(H,50,51). The SMILES string of the molecule is CCCCCCCCCCCCCCCCCCCCCCCCCCC(=O)OCC(O)COP(=O)(O)OCC(NC(=O)CCCCCCCCC)C(=O)O. The molecule has 0 heterocycles. The average Bonchev–Trinajstić information content (AvgIpc) is 3.16. The lowest BCUT2D eigenvalue weighted by atomic mass is 10.0. The largest absolute Gasteiger partial charge is 0.480 e. The molecule has 0 rings (SSSR count). The van der Waals surface area contributed by atoms with Gasteiger partial charge in [0.1, 0.15) is 12.7 Å². The number of aliphatic hydroxyl groups excluding tert-OH is 1. The molecule has 0 aliphatic rings. The van der Waals surface area contributed by atoms with Crippen molar-refractivity contribution in [3.8, 4) is 0 Å². The highest BCUT2D eigenvalue weighted by atomic mass is 31.2. The Kier molecular flexibility index (Phi) is 38.2. The number of carbonyl (C=O) groups excluding carboxylic acids is 2. The van der Waals surface area contributed by atoms with Crippen LogP contribution in [0.15, 0.2) is 0 Å². The van der Waals surface area contributed by atoms with Gasteiger partial charge in [0.05, 0.1) is 13.2 Å². The Balaban J connectivity index is 3.69. The molecule has 12 heteroatoms. The first-order valence-electron chi connectivity index (χ1n) is 22.6. The average molecular weight is 806 g/mol. The highest BCUT2D eigenvalue weighted by Gasteiger charge is 2.28. The zero-order valence-electron chi connectivity index (χ0n) is 35.3. The van der Waals surface area contributed by atoms with Crippen LogP contribution in [0.3, 0.4) is 0 Å². The number of amides is 1. The lowest BCUT2D eigenvalue weighted by Gasteiger charge is -2.18. The van der Waals surface area contributed by atoms with Crippen molar-refractivity contribution in [1.82, 2.24) is 5.32 Å². The second-order valence-corrected chi connectivity index (χ2v) is 17.1. The number of carboxylic acid groups (broad SMARTS) is 1. The third-order valence-corrected chi connectivity index (χ3v) is 11.1. The Hall–Kier alpha value is -1.52. The van der Waals surface area contributed by atoms with Gasteiger partial charge in [0.25, 0.3) is 0 Å². The van der Waals surface area contributed by atoms with E-state index in [1.54, 1.807) is 0 Å². The number of rotatable bonds is 43. The molecule has 0 aliphatic carbocycles. The fourth-order valence-electron chi connectivity index (χ4n) is 6.61. The van der Waals surface area contributed by atoms with Crippen LogP contribution in [0.1, 0.15) is 226 Å². The van der Waals surface area contributed by atoms with Crippen LogP contribution in [0.4, 0.5) is 0 Å². The number of phosphoric acid groups is 1. The summed E-state index contributed by atoms with van der Waals surface area (Å²) < 4.78 is 26.7. The van der Waals surface area contributed by atoms with Gasteiger partial charge in [-0.25, -0.2) is 9.36 Å². The first kappa shape index (κ1) is 53.5. The van der Waals surface area contributed by atoms with Gasteiger partial charge in [-0.1, -0.05) is 200 Å². The molecule has 0 aromatic heterocycles. The van der Waals surface area contributed by atoms with E-state index >= 15 is 0 Å². The molecule has 326 valence electrons. The monoisotopic (exact) mass is 806 g/mol. The van der Waals surface area contributed by atoms with Gasteiger partial charge in [-0.2, -0.15) is 0 Å². The van der Waals surface area contributed by atoms with E-state index in [0.717, 1.165) is 51.4 Å². The van der Waals surface area contributed by atoms with E-state index in [4.69, 9.17) is 13.8 Å². The van der Waals surface area contributed by atoms with E-state index in [1.807, 2.05) is 0 Å². The summed E-state index contributed by atoms with van der Waals surface area (Å²) in [6.07, 6.45) is 37.5. The van der Waals surface area contributed by atoms with Crippen molar-refractivity contribution in [2.24, 2.45) is 0 Å². The van der Waals surface area contributed by atoms with Crippen LogP contribution in [0.25, 0.3) is 0 Å². The van der Waals surface area contributed by atoms with Gasteiger partial charge in [0, 0.05) is 12.8 Å². The van der Waals surface area contributed by atoms with Crippen LogP contribution >= 0.6 is 7.82 Å². The molecule has 4 N–H and O–H groups in total. The molecule has 3 unspecified atom stereocenters. The van der Waals surface area contributed by atoms with Crippen LogP contribution in [0.2, 0.25) is 0 Å². The summed E-state index contributed by atoms with van der Waals surface area (Å²) in [7, 11) is -4.74. The maximum atomic E-state index is 12.2. The van der Waals surface area contributed by atoms with Crippen molar-refractivity contribution in [1.29, 1.82) is 0 Å². The number of unbranched alkanes of at least 4 members (excludes halogenated alkanes) is 29. The highest BCUT2D eigenvalue weighted by Crippen LogP contribution is 2.43. The number of ether oxygens (including phenoxy) is 1. The van der Waals surface area contributed by atoms with Crippen molar-refractivity contribution in [2.45, 2.75) is 238 Å².